The van der Waals surface area contributed by atoms with E-state index in [1.807, 2.05) is 6.07 Å². The van der Waals surface area contributed by atoms with Crippen molar-refractivity contribution in [3.63, 3.8) is 0 Å². The van der Waals surface area contributed by atoms with E-state index in [-0.39, 0.29) is 5.92 Å². The number of rotatable bonds is 5. The zero-order valence-corrected chi connectivity index (χ0v) is 29.9. The van der Waals surface area contributed by atoms with Gasteiger partial charge in [0.2, 0.25) is 0 Å². The standard InChI is InChI=1S/C51H33N3O/c1-2-8-32(9-3-1)37-17-18-40-29-43(21-19-38(40)27-37)50-52-49(42-20-15-34-11-5-7-13-36(34)28-42)53-51(54-50)44-22-24-45-46-30-41(23-25-47(46)55-48(45)31-44)39-16-14-33-10-4-6-12-35(33)26-39/h1-30,44H,31H2. The van der Waals surface area contributed by atoms with Crippen molar-refractivity contribution < 1.29 is 4.42 Å². The maximum atomic E-state index is 6.55. The van der Waals surface area contributed by atoms with Gasteiger partial charge in [-0.05, 0) is 91.0 Å². The second-order valence-electron chi connectivity index (χ2n) is 14.4. The number of allylic oxidation sites excluding steroid dienone is 1. The largest absolute Gasteiger partial charge is 0.460 e. The molecule has 2 aromatic heterocycles. The Morgan fingerprint density at radius 1 is 0.418 bits per heavy atom. The van der Waals surface area contributed by atoms with Gasteiger partial charge in [-0.15, -0.1) is 0 Å². The van der Waals surface area contributed by atoms with Crippen LogP contribution in [0.4, 0.5) is 0 Å². The maximum Gasteiger partial charge on any atom is 0.163 e. The zero-order chi connectivity index (χ0) is 36.3. The molecule has 0 saturated carbocycles. The fourth-order valence-electron chi connectivity index (χ4n) is 8.05. The summed E-state index contributed by atoms with van der Waals surface area (Å²) >= 11 is 0. The molecule has 11 rings (SSSR count). The van der Waals surface area contributed by atoms with Gasteiger partial charge in [0.25, 0.3) is 0 Å². The minimum absolute atomic E-state index is 0.0807. The third-order valence-corrected chi connectivity index (χ3v) is 11.0. The van der Waals surface area contributed by atoms with E-state index in [4.69, 9.17) is 19.4 Å². The van der Waals surface area contributed by atoms with Crippen molar-refractivity contribution in [2.24, 2.45) is 0 Å². The van der Waals surface area contributed by atoms with Crippen molar-refractivity contribution >= 4 is 49.4 Å². The molecule has 55 heavy (non-hydrogen) atoms. The van der Waals surface area contributed by atoms with Crippen LogP contribution in [-0.4, -0.2) is 15.0 Å². The molecule has 0 saturated heterocycles. The average molecular weight is 704 g/mol. The minimum atomic E-state index is -0.0807. The Morgan fingerprint density at radius 3 is 1.56 bits per heavy atom. The number of benzene rings is 8. The summed E-state index contributed by atoms with van der Waals surface area (Å²) in [5.74, 6) is 2.92. The fraction of sp³-hybridized carbons (Fsp3) is 0.0392. The lowest BCUT2D eigenvalue weighted by Crippen LogP contribution is -2.11. The molecule has 0 radical (unpaired) electrons. The van der Waals surface area contributed by atoms with Crippen LogP contribution in [-0.2, 0) is 6.42 Å². The third kappa shape index (κ3) is 5.67. The summed E-state index contributed by atoms with van der Waals surface area (Å²) < 4.78 is 6.55. The lowest BCUT2D eigenvalue weighted by molar-refractivity contribution is 0.527. The van der Waals surface area contributed by atoms with Gasteiger partial charge in [-0.1, -0.05) is 146 Å². The molecule has 4 nitrogen and oxygen atoms in total. The van der Waals surface area contributed by atoms with E-state index in [1.54, 1.807) is 0 Å². The Kier molecular flexibility index (Phi) is 7.27. The highest BCUT2D eigenvalue weighted by Gasteiger charge is 2.25. The summed E-state index contributed by atoms with van der Waals surface area (Å²) in [5, 5.41) is 8.24. The molecule has 0 aliphatic heterocycles. The highest BCUT2D eigenvalue weighted by molar-refractivity contribution is 5.95. The van der Waals surface area contributed by atoms with Gasteiger partial charge in [0, 0.05) is 34.4 Å². The second kappa shape index (κ2) is 12.8. The molecule has 1 aliphatic carbocycles. The van der Waals surface area contributed by atoms with Crippen LogP contribution in [0.25, 0.3) is 94.4 Å². The fourth-order valence-corrected chi connectivity index (χ4v) is 8.05. The molecule has 0 fully saturated rings. The van der Waals surface area contributed by atoms with Crippen molar-refractivity contribution in [2.45, 2.75) is 12.3 Å². The lowest BCUT2D eigenvalue weighted by Gasteiger charge is -2.17. The summed E-state index contributed by atoms with van der Waals surface area (Å²) in [6.45, 7) is 0. The number of fused-ring (bicyclic) bond motifs is 6. The lowest BCUT2D eigenvalue weighted by atomic mass is 9.92. The number of hydrogen-bond acceptors (Lipinski definition) is 4. The van der Waals surface area contributed by atoms with Crippen molar-refractivity contribution in [3.05, 3.63) is 193 Å². The number of nitrogens with zero attached hydrogens (tertiary/aromatic N) is 3. The number of furan rings is 1. The Hall–Kier alpha value is -7.17. The van der Waals surface area contributed by atoms with Gasteiger partial charge in [-0.2, -0.15) is 0 Å². The van der Waals surface area contributed by atoms with Crippen LogP contribution in [0, 0.1) is 0 Å². The molecule has 10 aromatic rings. The quantitative estimate of drug-likeness (QED) is 0.179. The van der Waals surface area contributed by atoms with Crippen LogP contribution >= 0.6 is 0 Å². The van der Waals surface area contributed by atoms with E-state index in [1.165, 1.54) is 43.8 Å². The van der Waals surface area contributed by atoms with E-state index in [0.717, 1.165) is 50.0 Å². The van der Waals surface area contributed by atoms with E-state index in [9.17, 15) is 0 Å². The van der Waals surface area contributed by atoms with Crippen molar-refractivity contribution in [1.82, 2.24) is 15.0 Å². The van der Waals surface area contributed by atoms with Crippen molar-refractivity contribution in [2.75, 3.05) is 0 Å². The first-order valence-electron chi connectivity index (χ1n) is 18.8. The van der Waals surface area contributed by atoms with Crippen LogP contribution in [0.1, 0.15) is 23.1 Å². The highest BCUT2D eigenvalue weighted by atomic mass is 16.3. The maximum absolute atomic E-state index is 6.55. The third-order valence-electron chi connectivity index (χ3n) is 11.0. The molecular weight excluding hydrogens is 671 g/mol. The van der Waals surface area contributed by atoms with E-state index in [2.05, 4.69) is 176 Å². The van der Waals surface area contributed by atoms with Gasteiger partial charge in [0.1, 0.15) is 17.2 Å². The van der Waals surface area contributed by atoms with Gasteiger partial charge in [-0.25, -0.2) is 15.0 Å². The van der Waals surface area contributed by atoms with Crippen molar-refractivity contribution in [3.8, 4) is 45.0 Å². The molecule has 0 amide bonds. The second-order valence-corrected chi connectivity index (χ2v) is 14.4. The minimum Gasteiger partial charge on any atom is -0.460 e. The molecule has 0 spiro atoms. The first-order valence-corrected chi connectivity index (χ1v) is 18.8. The Morgan fingerprint density at radius 2 is 0.909 bits per heavy atom. The Balaban J connectivity index is 0.982. The van der Waals surface area contributed by atoms with Gasteiger partial charge in [-0.3, -0.25) is 0 Å². The smallest absolute Gasteiger partial charge is 0.163 e. The summed E-state index contributed by atoms with van der Waals surface area (Å²) in [4.78, 5) is 15.4. The summed E-state index contributed by atoms with van der Waals surface area (Å²) in [7, 11) is 0. The summed E-state index contributed by atoms with van der Waals surface area (Å²) in [6, 6.07) is 60.1. The zero-order valence-electron chi connectivity index (χ0n) is 29.9. The predicted molar refractivity (Wildman–Crippen MR) is 226 cm³/mol. The first kappa shape index (κ1) is 31.4. The molecule has 1 aliphatic rings. The number of aromatic nitrogens is 3. The average Bonchev–Trinajstić information content (AvgIpc) is 3.63. The molecular formula is C51H33N3O. The highest BCUT2D eigenvalue weighted by Crippen LogP contribution is 2.39. The van der Waals surface area contributed by atoms with Crippen LogP contribution in [0.5, 0.6) is 0 Å². The SMILES string of the molecule is C1=CC(c2nc(-c3ccc4ccccc4c3)nc(-c3ccc4cc(-c5ccccc5)ccc4c3)n2)Cc2oc3ccc(-c4ccc5ccccc5c4)cc3c21. The normalized spacial score (nSPS) is 13.9. The molecule has 8 aromatic carbocycles. The molecule has 0 bridgehead atoms. The van der Waals surface area contributed by atoms with Gasteiger partial charge in [0.15, 0.2) is 11.6 Å². The van der Waals surface area contributed by atoms with E-state index >= 15 is 0 Å². The van der Waals surface area contributed by atoms with E-state index < -0.39 is 0 Å². The molecule has 0 N–H and O–H groups in total. The van der Waals surface area contributed by atoms with Crippen LogP contribution in [0.15, 0.2) is 180 Å². The molecule has 1 unspecified atom stereocenters. The predicted octanol–water partition coefficient (Wildman–Crippen LogP) is 13.1. The molecule has 4 heteroatoms. The van der Waals surface area contributed by atoms with Gasteiger partial charge >= 0.3 is 0 Å². The van der Waals surface area contributed by atoms with Crippen LogP contribution in [0.2, 0.25) is 0 Å². The summed E-state index contributed by atoms with van der Waals surface area (Å²) in [5.41, 5.74) is 8.69. The van der Waals surface area contributed by atoms with Crippen LogP contribution in [0.3, 0.4) is 0 Å². The molecule has 258 valence electrons. The van der Waals surface area contributed by atoms with Gasteiger partial charge in [0.05, 0.1) is 0 Å². The summed E-state index contributed by atoms with van der Waals surface area (Å²) in [6.07, 6.45) is 5.08. The Bertz CT molecular complexity index is 3140. The van der Waals surface area contributed by atoms with Crippen LogP contribution < -0.4 is 0 Å². The van der Waals surface area contributed by atoms with Crippen molar-refractivity contribution in [1.29, 1.82) is 0 Å². The topological polar surface area (TPSA) is 51.8 Å². The monoisotopic (exact) mass is 703 g/mol. The Labute approximate surface area is 318 Å². The van der Waals surface area contributed by atoms with Gasteiger partial charge < -0.3 is 4.42 Å². The van der Waals surface area contributed by atoms with E-state index in [0.29, 0.717) is 18.1 Å². The molecule has 1 atom stereocenters. The first-order chi connectivity index (χ1) is 27.2. The number of hydrogen-bond donors (Lipinski definition) is 0. The molecule has 2 heterocycles.